The van der Waals surface area contributed by atoms with E-state index in [1.165, 1.54) is 0 Å². The second-order valence-electron chi connectivity index (χ2n) is 4.90. The molecule has 0 aromatic heterocycles. The van der Waals surface area contributed by atoms with Crippen molar-refractivity contribution >= 4 is 12.0 Å². The van der Waals surface area contributed by atoms with Crippen molar-refractivity contribution in [1.29, 1.82) is 0 Å². The Kier molecular flexibility index (Phi) is 4.05. The third kappa shape index (κ3) is 3.25. The molecule has 0 unspecified atom stereocenters. The minimum atomic E-state index is -0.568. The number of amides is 2. The van der Waals surface area contributed by atoms with Crippen LogP contribution >= 0.6 is 0 Å². The Balaban J connectivity index is 1.68. The van der Waals surface area contributed by atoms with Crippen molar-refractivity contribution in [3.8, 4) is 11.5 Å². The minimum absolute atomic E-state index is 0.140. The predicted molar refractivity (Wildman–Crippen MR) is 79.7 cm³/mol. The van der Waals surface area contributed by atoms with E-state index in [9.17, 15) is 9.59 Å². The van der Waals surface area contributed by atoms with Gasteiger partial charge >= 0.3 is 6.09 Å². The molecule has 1 aliphatic heterocycles. The molecular weight excluding hydrogens is 282 g/mol. The van der Waals surface area contributed by atoms with Gasteiger partial charge in [-0.2, -0.15) is 0 Å². The highest BCUT2D eigenvalue weighted by Gasteiger charge is 2.28. The van der Waals surface area contributed by atoms with Crippen LogP contribution in [0.3, 0.4) is 0 Å². The second-order valence-corrected chi connectivity index (χ2v) is 4.90. The van der Waals surface area contributed by atoms with Gasteiger partial charge in [-0.25, -0.2) is 9.69 Å². The van der Waals surface area contributed by atoms with E-state index in [1.54, 1.807) is 6.07 Å². The maximum absolute atomic E-state index is 12.1. The lowest BCUT2D eigenvalue weighted by Crippen LogP contribution is -2.32. The van der Waals surface area contributed by atoms with Gasteiger partial charge < -0.3 is 9.47 Å². The zero-order valence-electron chi connectivity index (χ0n) is 11.9. The number of carbonyl (C=O) groups excluding carboxylic acids is 2. The Morgan fingerprint density at radius 2 is 1.86 bits per heavy atom. The lowest BCUT2D eigenvalue weighted by molar-refractivity contribution is -0.127. The van der Waals surface area contributed by atoms with Crippen LogP contribution in [0.5, 0.6) is 11.5 Å². The quantitative estimate of drug-likeness (QED) is 0.870. The molecule has 112 valence electrons. The van der Waals surface area contributed by atoms with Crippen molar-refractivity contribution < 1.29 is 19.1 Å². The standard InChI is InChI=1S/C17H15NO4/c19-16(18-9-10-21-17(18)20)12-13-5-4-8-15(11-13)22-14-6-2-1-3-7-14/h1-8,11H,9-10,12H2. The maximum atomic E-state index is 12.1. The molecular formula is C17H15NO4. The first-order valence-electron chi connectivity index (χ1n) is 7.01. The van der Waals surface area contributed by atoms with Gasteiger partial charge in [0, 0.05) is 0 Å². The molecule has 1 saturated heterocycles. The second kappa shape index (κ2) is 6.30. The number of carbonyl (C=O) groups is 2. The molecule has 5 nitrogen and oxygen atoms in total. The number of rotatable bonds is 4. The summed E-state index contributed by atoms with van der Waals surface area (Å²) in [6.07, 6.45) is -0.428. The molecule has 1 aliphatic rings. The summed E-state index contributed by atoms with van der Waals surface area (Å²) in [7, 11) is 0. The van der Waals surface area contributed by atoms with E-state index in [0.717, 1.165) is 16.2 Å². The van der Waals surface area contributed by atoms with Crippen LogP contribution in [0.15, 0.2) is 54.6 Å². The topological polar surface area (TPSA) is 55.8 Å². The van der Waals surface area contributed by atoms with E-state index < -0.39 is 6.09 Å². The molecule has 2 aromatic rings. The highest BCUT2D eigenvalue weighted by atomic mass is 16.6. The summed E-state index contributed by atoms with van der Waals surface area (Å²) in [5.41, 5.74) is 0.790. The number of cyclic esters (lactones) is 1. The van der Waals surface area contributed by atoms with Gasteiger partial charge in [0.1, 0.15) is 18.1 Å². The number of hydrogen-bond donors (Lipinski definition) is 0. The van der Waals surface area contributed by atoms with E-state index in [-0.39, 0.29) is 18.9 Å². The summed E-state index contributed by atoms with van der Waals surface area (Å²) in [5, 5.41) is 0. The molecule has 3 rings (SSSR count). The smallest absolute Gasteiger partial charge is 0.416 e. The van der Waals surface area contributed by atoms with Crippen molar-refractivity contribution in [3.63, 3.8) is 0 Å². The summed E-state index contributed by atoms with van der Waals surface area (Å²) < 4.78 is 10.5. The van der Waals surface area contributed by atoms with Crippen LogP contribution < -0.4 is 4.74 Å². The number of nitrogens with zero attached hydrogens (tertiary/aromatic N) is 1. The van der Waals surface area contributed by atoms with Crippen molar-refractivity contribution in [3.05, 3.63) is 60.2 Å². The molecule has 0 radical (unpaired) electrons. The molecule has 0 saturated carbocycles. The third-order valence-electron chi connectivity index (χ3n) is 3.29. The van der Waals surface area contributed by atoms with Gasteiger partial charge in [-0.3, -0.25) is 4.79 Å². The van der Waals surface area contributed by atoms with Crippen LogP contribution in [0, 0.1) is 0 Å². The normalized spacial score (nSPS) is 13.8. The van der Waals surface area contributed by atoms with Gasteiger partial charge in [0.2, 0.25) is 5.91 Å². The summed E-state index contributed by atoms with van der Waals surface area (Å²) in [5.74, 6) is 1.12. The number of imide groups is 1. The summed E-state index contributed by atoms with van der Waals surface area (Å²) in [6, 6.07) is 16.7. The fraction of sp³-hybridized carbons (Fsp3) is 0.176. The highest BCUT2D eigenvalue weighted by molar-refractivity contribution is 5.94. The third-order valence-corrected chi connectivity index (χ3v) is 3.29. The Morgan fingerprint density at radius 1 is 1.09 bits per heavy atom. The molecule has 22 heavy (non-hydrogen) atoms. The van der Waals surface area contributed by atoms with E-state index in [2.05, 4.69) is 0 Å². The summed E-state index contributed by atoms with van der Waals surface area (Å²) >= 11 is 0. The van der Waals surface area contributed by atoms with Gasteiger partial charge in [0.25, 0.3) is 0 Å². The van der Waals surface area contributed by atoms with Gasteiger partial charge in [-0.1, -0.05) is 30.3 Å². The molecule has 2 amide bonds. The Hall–Kier alpha value is -2.82. The summed E-state index contributed by atoms with van der Waals surface area (Å²) in [6.45, 7) is 0.583. The van der Waals surface area contributed by atoms with Crippen LogP contribution in [0.1, 0.15) is 5.56 Å². The monoisotopic (exact) mass is 297 g/mol. The molecule has 0 atom stereocenters. The molecule has 0 spiro atoms. The van der Waals surface area contributed by atoms with E-state index in [4.69, 9.17) is 9.47 Å². The molecule has 0 bridgehead atoms. The first kappa shape index (κ1) is 14.1. The van der Waals surface area contributed by atoms with Crippen LogP contribution in [0.25, 0.3) is 0 Å². The van der Waals surface area contributed by atoms with E-state index in [1.807, 2.05) is 48.5 Å². The van der Waals surface area contributed by atoms with Crippen molar-refractivity contribution in [2.24, 2.45) is 0 Å². The van der Waals surface area contributed by atoms with Gasteiger partial charge in [0.05, 0.1) is 13.0 Å². The Bertz CT molecular complexity index is 684. The molecule has 0 aliphatic carbocycles. The fourth-order valence-corrected chi connectivity index (χ4v) is 2.23. The van der Waals surface area contributed by atoms with Gasteiger partial charge in [-0.15, -0.1) is 0 Å². The molecule has 5 heteroatoms. The lowest BCUT2D eigenvalue weighted by Gasteiger charge is -2.11. The molecule has 0 N–H and O–H groups in total. The first-order chi connectivity index (χ1) is 10.7. The first-order valence-corrected chi connectivity index (χ1v) is 7.01. The van der Waals surface area contributed by atoms with Gasteiger partial charge in [0.15, 0.2) is 0 Å². The Morgan fingerprint density at radius 3 is 2.59 bits per heavy atom. The average molecular weight is 297 g/mol. The van der Waals surface area contributed by atoms with Gasteiger partial charge in [-0.05, 0) is 29.8 Å². The number of hydrogen-bond acceptors (Lipinski definition) is 4. The fourth-order valence-electron chi connectivity index (χ4n) is 2.23. The van der Waals surface area contributed by atoms with Crippen LogP contribution in [0.4, 0.5) is 4.79 Å². The highest BCUT2D eigenvalue weighted by Crippen LogP contribution is 2.22. The molecule has 1 heterocycles. The molecule has 2 aromatic carbocycles. The zero-order chi connectivity index (χ0) is 15.4. The van der Waals surface area contributed by atoms with Crippen LogP contribution in [0.2, 0.25) is 0 Å². The molecule has 1 fully saturated rings. The minimum Gasteiger partial charge on any atom is -0.457 e. The predicted octanol–water partition coefficient (Wildman–Crippen LogP) is 3.00. The largest absolute Gasteiger partial charge is 0.457 e. The summed E-state index contributed by atoms with van der Waals surface area (Å²) in [4.78, 5) is 24.6. The van der Waals surface area contributed by atoms with Crippen molar-refractivity contribution in [1.82, 2.24) is 4.90 Å². The number of para-hydroxylation sites is 1. The number of ether oxygens (including phenoxy) is 2. The lowest BCUT2D eigenvalue weighted by atomic mass is 10.1. The number of benzene rings is 2. The van der Waals surface area contributed by atoms with E-state index in [0.29, 0.717) is 12.3 Å². The Labute approximate surface area is 128 Å². The average Bonchev–Trinajstić information content (AvgIpc) is 2.95. The SMILES string of the molecule is O=C(Cc1cccc(Oc2ccccc2)c1)N1CCOC1=O. The van der Waals surface area contributed by atoms with E-state index >= 15 is 0 Å². The zero-order valence-corrected chi connectivity index (χ0v) is 11.9. The maximum Gasteiger partial charge on any atom is 0.416 e. The van der Waals surface area contributed by atoms with Crippen LogP contribution in [-0.4, -0.2) is 30.1 Å². The van der Waals surface area contributed by atoms with Crippen molar-refractivity contribution in [2.75, 3.05) is 13.2 Å². The van der Waals surface area contributed by atoms with Crippen LogP contribution in [-0.2, 0) is 16.0 Å². The van der Waals surface area contributed by atoms with Crippen molar-refractivity contribution in [2.45, 2.75) is 6.42 Å².